The molecule has 4 rings (SSSR count). The van der Waals surface area contributed by atoms with Gasteiger partial charge in [-0.05, 0) is 11.6 Å². The fourth-order valence-electron chi connectivity index (χ4n) is 3.27. The van der Waals surface area contributed by atoms with Crippen LogP contribution in [0.15, 0.2) is 54.6 Å². The van der Waals surface area contributed by atoms with Crippen molar-refractivity contribution in [3.8, 4) is 0 Å². The third kappa shape index (κ3) is 2.81. The van der Waals surface area contributed by atoms with Gasteiger partial charge < -0.3 is 15.4 Å². The molecule has 0 unspecified atom stereocenters. The molecule has 2 N–H and O–H groups in total. The Labute approximate surface area is 141 Å². The highest BCUT2D eigenvalue weighted by Gasteiger charge is 2.20. The molecule has 0 aliphatic carbocycles. The molecule has 1 aliphatic heterocycles. The van der Waals surface area contributed by atoms with Gasteiger partial charge in [0.1, 0.15) is 5.82 Å². The Hall–Kier alpha value is -2.59. The molecule has 1 aromatic heterocycles. The highest BCUT2D eigenvalue weighted by molar-refractivity contribution is 5.94. The number of para-hydroxylation sites is 1. The van der Waals surface area contributed by atoms with Crippen LogP contribution in [-0.4, -0.2) is 31.3 Å². The molecule has 1 saturated heterocycles. The minimum Gasteiger partial charge on any atom is -0.398 e. The molecule has 24 heavy (non-hydrogen) atoms. The van der Waals surface area contributed by atoms with Crippen molar-refractivity contribution in [1.82, 2.24) is 4.98 Å². The van der Waals surface area contributed by atoms with Crippen molar-refractivity contribution in [2.45, 2.75) is 6.42 Å². The van der Waals surface area contributed by atoms with Crippen molar-refractivity contribution in [2.24, 2.45) is 0 Å². The molecular weight excluding hydrogens is 298 g/mol. The lowest BCUT2D eigenvalue weighted by atomic mass is 10.0. The van der Waals surface area contributed by atoms with Crippen molar-refractivity contribution in [3.05, 3.63) is 65.7 Å². The number of rotatable bonds is 3. The summed E-state index contributed by atoms with van der Waals surface area (Å²) in [6, 6.07) is 18.5. The molecule has 1 fully saturated rings. The van der Waals surface area contributed by atoms with Crippen molar-refractivity contribution in [1.29, 1.82) is 0 Å². The first-order valence-corrected chi connectivity index (χ1v) is 8.36. The van der Waals surface area contributed by atoms with E-state index < -0.39 is 0 Å². The Morgan fingerprint density at radius 1 is 0.958 bits per heavy atom. The summed E-state index contributed by atoms with van der Waals surface area (Å²) in [7, 11) is 0. The molecular formula is C20H21N3O. The molecule has 4 nitrogen and oxygen atoms in total. The van der Waals surface area contributed by atoms with E-state index in [1.165, 1.54) is 5.56 Å². The minimum absolute atomic E-state index is 0.735. The Bertz CT molecular complexity index is 842. The van der Waals surface area contributed by atoms with E-state index in [9.17, 15) is 0 Å². The molecule has 0 amide bonds. The van der Waals surface area contributed by atoms with Crippen LogP contribution in [0.5, 0.6) is 0 Å². The van der Waals surface area contributed by atoms with Gasteiger partial charge >= 0.3 is 0 Å². The Morgan fingerprint density at radius 3 is 2.46 bits per heavy atom. The van der Waals surface area contributed by atoms with Crippen molar-refractivity contribution >= 4 is 22.4 Å². The summed E-state index contributed by atoms with van der Waals surface area (Å²) in [6.45, 7) is 3.18. The van der Waals surface area contributed by atoms with Gasteiger partial charge in [0.2, 0.25) is 0 Å². The first kappa shape index (κ1) is 15.0. The molecule has 0 saturated carbocycles. The zero-order valence-corrected chi connectivity index (χ0v) is 13.6. The van der Waals surface area contributed by atoms with E-state index in [1.54, 1.807) is 0 Å². The summed E-state index contributed by atoms with van der Waals surface area (Å²) in [5.41, 5.74) is 10.7. The van der Waals surface area contributed by atoms with E-state index in [0.29, 0.717) is 0 Å². The fraction of sp³-hybridized carbons (Fsp3) is 0.250. The smallest absolute Gasteiger partial charge is 0.135 e. The van der Waals surface area contributed by atoms with Crippen LogP contribution in [0.25, 0.3) is 10.9 Å². The van der Waals surface area contributed by atoms with E-state index >= 15 is 0 Å². The number of hydrogen-bond donors (Lipinski definition) is 1. The van der Waals surface area contributed by atoms with E-state index in [0.717, 1.165) is 60.7 Å². The van der Waals surface area contributed by atoms with Crippen LogP contribution in [-0.2, 0) is 11.2 Å². The molecule has 0 spiro atoms. The first-order valence-electron chi connectivity index (χ1n) is 8.36. The second-order valence-corrected chi connectivity index (χ2v) is 6.11. The highest BCUT2D eigenvalue weighted by Crippen LogP contribution is 2.33. The van der Waals surface area contributed by atoms with Crippen LogP contribution in [0, 0.1) is 0 Å². The van der Waals surface area contributed by atoms with Crippen molar-refractivity contribution in [2.75, 3.05) is 36.9 Å². The molecule has 0 bridgehead atoms. The maximum atomic E-state index is 6.58. The molecule has 0 radical (unpaired) electrons. The van der Waals surface area contributed by atoms with E-state index in [2.05, 4.69) is 35.2 Å². The molecule has 4 heteroatoms. The molecule has 3 aromatic rings. The number of nitrogens with zero attached hydrogens (tertiary/aromatic N) is 2. The second-order valence-electron chi connectivity index (χ2n) is 6.11. The number of aromatic nitrogens is 1. The third-order valence-corrected chi connectivity index (χ3v) is 4.55. The van der Waals surface area contributed by atoms with Gasteiger partial charge in [0, 0.05) is 36.1 Å². The standard InChI is InChI=1S/C20H21N3O/c21-19-16-8-4-5-9-18(16)22-20(23-10-12-24-13-11-23)17(19)14-15-6-2-1-3-7-15/h1-9H,10-14H2,(H2,21,22). The van der Waals surface area contributed by atoms with Gasteiger partial charge in [-0.3, -0.25) is 0 Å². The normalized spacial score (nSPS) is 14.9. The van der Waals surface area contributed by atoms with Gasteiger partial charge in [-0.2, -0.15) is 0 Å². The van der Waals surface area contributed by atoms with Crippen molar-refractivity contribution in [3.63, 3.8) is 0 Å². The molecule has 2 heterocycles. The lowest BCUT2D eigenvalue weighted by Gasteiger charge is -2.30. The average Bonchev–Trinajstić information content (AvgIpc) is 2.65. The first-order chi connectivity index (χ1) is 11.8. The maximum Gasteiger partial charge on any atom is 0.135 e. The van der Waals surface area contributed by atoms with Crippen LogP contribution in [0.1, 0.15) is 11.1 Å². The fourth-order valence-corrected chi connectivity index (χ4v) is 3.27. The number of morpholine rings is 1. The van der Waals surface area contributed by atoms with Gasteiger partial charge in [-0.25, -0.2) is 4.98 Å². The second kappa shape index (κ2) is 6.49. The van der Waals surface area contributed by atoms with Crippen molar-refractivity contribution < 1.29 is 4.74 Å². The third-order valence-electron chi connectivity index (χ3n) is 4.55. The molecule has 2 aromatic carbocycles. The number of nitrogens with two attached hydrogens (primary N) is 1. The minimum atomic E-state index is 0.735. The Morgan fingerprint density at radius 2 is 1.67 bits per heavy atom. The highest BCUT2D eigenvalue weighted by atomic mass is 16.5. The number of fused-ring (bicyclic) bond motifs is 1. The number of pyridine rings is 1. The largest absolute Gasteiger partial charge is 0.398 e. The summed E-state index contributed by atoms with van der Waals surface area (Å²) in [5.74, 6) is 0.998. The molecule has 122 valence electrons. The lowest BCUT2D eigenvalue weighted by Crippen LogP contribution is -2.37. The number of hydrogen-bond acceptors (Lipinski definition) is 4. The summed E-state index contributed by atoms with van der Waals surface area (Å²) in [5, 5.41) is 1.03. The quantitative estimate of drug-likeness (QED) is 0.805. The number of ether oxygens (including phenoxy) is 1. The summed E-state index contributed by atoms with van der Waals surface area (Å²) in [6.07, 6.45) is 0.789. The zero-order chi connectivity index (χ0) is 16.4. The molecule has 1 aliphatic rings. The van der Waals surface area contributed by atoms with Gasteiger partial charge in [-0.1, -0.05) is 48.5 Å². The zero-order valence-electron chi connectivity index (χ0n) is 13.6. The van der Waals surface area contributed by atoms with Gasteiger partial charge in [0.25, 0.3) is 0 Å². The predicted molar refractivity (Wildman–Crippen MR) is 98.4 cm³/mol. The molecule has 0 atom stereocenters. The Kier molecular flexibility index (Phi) is 4.05. The predicted octanol–water partition coefficient (Wildman–Crippen LogP) is 3.24. The van der Waals surface area contributed by atoms with Crippen LogP contribution >= 0.6 is 0 Å². The maximum absolute atomic E-state index is 6.58. The number of nitrogen functional groups attached to an aromatic ring is 1. The van der Waals surface area contributed by atoms with E-state index in [1.807, 2.05) is 24.3 Å². The van der Waals surface area contributed by atoms with Gasteiger partial charge in [0.05, 0.1) is 18.7 Å². The topological polar surface area (TPSA) is 51.4 Å². The number of anilines is 2. The van der Waals surface area contributed by atoms with Crippen LogP contribution < -0.4 is 10.6 Å². The van der Waals surface area contributed by atoms with E-state index in [4.69, 9.17) is 15.5 Å². The monoisotopic (exact) mass is 319 g/mol. The Balaban J connectivity index is 1.85. The SMILES string of the molecule is Nc1c(Cc2ccccc2)c(N2CCOCC2)nc2ccccc12. The lowest BCUT2D eigenvalue weighted by molar-refractivity contribution is 0.122. The number of benzene rings is 2. The van der Waals surface area contributed by atoms with Crippen LogP contribution in [0.4, 0.5) is 11.5 Å². The van der Waals surface area contributed by atoms with Gasteiger partial charge in [-0.15, -0.1) is 0 Å². The summed E-state index contributed by atoms with van der Waals surface area (Å²) >= 11 is 0. The summed E-state index contributed by atoms with van der Waals surface area (Å²) < 4.78 is 5.50. The van der Waals surface area contributed by atoms with Crippen LogP contribution in [0.3, 0.4) is 0 Å². The van der Waals surface area contributed by atoms with Gasteiger partial charge in [0.15, 0.2) is 0 Å². The average molecular weight is 319 g/mol. The van der Waals surface area contributed by atoms with E-state index in [-0.39, 0.29) is 0 Å². The summed E-state index contributed by atoms with van der Waals surface area (Å²) in [4.78, 5) is 7.24. The van der Waals surface area contributed by atoms with Crippen LogP contribution in [0.2, 0.25) is 0 Å².